The van der Waals surface area contributed by atoms with Gasteiger partial charge in [-0.3, -0.25) is 12.9 Å². The molecular weight excluding hydrogens is 1040 g/mol. The van der Waals surface area contributed by atoms with Crippen molar-refractivity contribution >= 4 is 36.2 Å². The van der Waals surface area contributed by atoms with Crippen LogP contribution in [0.4, 0.5) is 30.5 Å². The molecule has 0 spiro atoms. The number of nitrogens with zero attached hydrogens (tertiary/aromatic N) is 2. The molecule has 0 aliphatic carbocycles. The molecule has 1 aliphatic rings. The van der Waals surface area contributed by atoms with Crippen molar-refractivity contribution in [2.45, 2.75) is 57.5 Å². The molecule has 394 valence electrons. The lowest BCUT2D eigenvalue weighted by Gasteiger charge is -2.19. The number of hydrogen-bond acceptors (Lipinski definition) is 11. The number of pyridine rings is 2. The van der Waals surface area contributed by atoms with E-state index in [1.807, 2.05) is 68.4 Å². The number of esters is 1. The van der Waals surface area contributed by atoms with Crippen LogP contribution < -0.4 is 33.1 Å². The summed E-state index contributed by atoms with van der Waals surface area (Å²) in [7, 11) is -4.66. The molecule has 0 saturated heterocycles. The summed E-state index contributed by atoms with van der Waals surface area (Å²) in [5, 5.41) is 0. The second-order valence-electron chi connectivity index (χ2n) is 15.8. The number of hydrogen-bond donors (Lipinski definition) is 0. The normalized spacial score (nSPS) is 12.0. The van der Waals surface area contributed by atoms with Crippen molar-refractivity contribution in [3.05, 3.63) is 199 Å². The number of halogens is 8. The largest absolute Gasteiger partial charge is 1.00 e. The number of fused-ring (bicyclic) bond motifs is 2. The highest BCUT2D eigenvalue weighted by atomic mass is 32.2. The van der Waals surface area contributed by atoms with Gasteiger partial charge in [0.25, 0.3) is 0 Å². The fourth-order valence-corrected chi connectivity index (χ4v) is 10.5. The zero-order valence-electron chi connectivity index (χ0n) is 40.5. The highest BCUT2D eigenvalue weighted by Crippen LogP contribution is 2.49. The summed E-state index contributed by atoms with van der Waals surface area (Å²) in [6, 6.07) is 43.7. The van der Waals surface area contributed by atoms with Crippen molar-refractivity contribution in [1.29, 1.82) is 0 Å². The molecule has 0 radical (unpaired) electrons. The molecule has 2 atom stereocenters. The molecule has 2 unspecified atom stereocenters. The summed E-state index contributed by atoms with van der Waals surface area (Å²) in [5.74, 6) is 0.535. The van der Waals surface area contributed by atoms with Gasteiger partial charge in [0.05, 0.1) is 22.0 Å². The number of aromatic nitrogens is 2. The standard InChI is InChI=1S/C32H22F4NO3S2.C23H23NO5.BF3.FH/c1-19(39-32-4-2-3-13-37-32)18-38-20-5-7-21(8-6-20)40-22-9-11-23(12-10-22)42-30-16-26(35)24(33)14-28(30)41-29-15-25(34)27(36)17-31(29)42;1-3-26-23(25)18-7-9-20(10-8-18)29-21-13-11-19(12-14-21)27-16-17(2)28-22-6-4-5-15-24-22;2-1(3)4;/h2-17,19H,18H2,1H3;4-15,17H,3,16H2,1-2H3;;1H/q+1;;;/p-1. The van der Waals surface area contributed by atoms with Crippen molar-refractivity contribution in [2.24, 2.45) is 0 Å². The molecule has 10 nitrogen and oxygen atoms in total. The van der Waals surface area contributed by atoms with Crippen LogP contribution in [0.5, 0.6) is 46.3 Å². The van der Waals surface area contributed by atoms with Crippen LogP contribution in [0.3, 0.4) is 0 Å². The number of carbonyl (C=O) groups excluding carboxylic acids is 1. The van der Waals surface area contributed by atoms with Crippen molar-refractivity contribution < 1.29 is 73.2 Å². The van der Waals surface area contributed by atoms with E-state index in [-0.39, 0.29) is 22.9 Å². The monoisotopic (exact) mass is 1090 g/mol. The number of carbonyl (C=O) groups is 1. The summed E-state index contributed by atoms with van der Waals surface area (Å²) < 4.78 is 125. The number of rotatable bonds is 17. The Morgan fingerprint density at radius 3 is 1.30 bits per heavy atom. The highest BCUT2D eigenvalue weighted by Gasteiger charge is 2.40. The van der Waals surface area contributed by atoms with Crippen LogP contribution in [0.2, 0.25) is 0 Å². The molecule has 3 heterocycles. The van der Waals surface area contributed by atoms with Crippen LogP contribution in [-0.2, 0) is 15.6 Å². The quantitative estimate of drug-likeness (QED) is 0.0376. The van der Waals surface area contributed by atoms with Crippen LogP contribution in [0.1, 0.15) is 31.1 Å². The summed E-state index contributed by atoms with van der Waals surface area (Å²) in [6.45, 7) is 6.66. The van der Waals surface area contributed by atoms with E-state index in [0.717, 1.165) is 36.0 Å². The van der Waals surface area contributed by atoms with Gasteiger partial charge in [0.1, 0.15) is 70.8 Å². The predicted octanol–water partition coefficient (Wildman–Crippen LogP) is 11.6. The lowest BCUT2D eigenvalue weighted by atomic mass is 10.2. The summed E-state index contributed by atoms with van der Waals surface area (Å²) >= 11 is 1.09. The molecule has 0 amide bonds. The third kappa shape index (κ3) is 16.8. The van der Waals surface area contributed by atoms with Gasteiger partial charge in [-0.1, -0.05) is 23.9 Å². The SMILES string of the molecule is CC(COc1ccc(Oc2ccc([S+]3c4cc(F)c(F)cc4Sc4cc(F)c(F)cc43)cc2)cc1)Oc1ccccn1.CCOC(=O)c1ccc(Oc2ccc(OCC(C)Oc3ccccn3)cc2)cc1.FB(F)F.[F-]. The second-order valence-corrected chi connectivity index (χ2v) is 18.8. The Bertz CT molecular complexity index is 3030. The highest BCUT2D eigenvalue weighted by molar-refractivity contribution is 8.04. The van der Waals surface area contributed by atoms with Crippen LogP contribution in [-0.4, -0.2) is 55.5 Å². The van der Waals surface area contributed by atoms with Gasteiger partial charge in [-0.05, 0) is 142 Å². The van der Waals surface area contributed by atoms with Gasteiger partial charge in [0.2, 0.25) is 11.8 Å². The first-order valence-corrected chi connectivity index (χ1v) is 24.9. The molecule has 0 bridgehead atoms. The summed E-state index contributed by atoms with van der Waals surface area (Å²) in [6.07, 6.45) is 3.00. The first-order chi connectivity index (χ1) is 36.2. The molecule has 76 heavy (non-hydrogen) atoms. The van der Waals surface area contributed by atoms with Gasteiger partial charge in [0.15, 0.2) is 38.0 Å². The Morgan fingerprint density at radius 1 is 0.553 bits per heavy atom. The molecule has 0 fully saturated rings. The minimum absolute atomic E-state index is 0. The molecule has 8 aromatic rings. The van der Waals surface area contributed by atoms with Crippen molar-refractivity contribution in [3.63, 3.8) is 0 Å². The third-order valence-electron chi connectivity index (χ3n) is 10.1. The molecule has 6 aromatic carbocycles. The Kier molecular flexibility index (Phi) is 21.2. The van der Waals surface area contributed by atoms with Crippen LogP contribution in [0.25, 0.3) is 0 Å². The smallest absolute Gasteiger partial charge is 0.762 e. The van der Waals surface area contributed by atoms with E-state index in [4.69, 9.17) is 33.2 Å². The average molecular weight is 1090 g/mol. The Morgan fingerprint density at radius 2 is 0.921 bits per heavy atom. The minimum Gasteiger partial charge on any atom is -1.00 e. The fraction of sp³-hybridized carbons (Fsp3) is 0.145. The maximum atomic E-state index is 14.3. The van der Waals surface area contributed by atoms with Crippen molar-refractivity contribution in [1.82, 2.24) is 9.97 Å². The van der Waals surface area contributed by atoms with Gasteiger partial charge >= 0.3 is 13.5 Å². The van der Waals surface area contributed by atoms with E-state index in [1.165, 1.54) is 0 Å². The van der Waals surface area contributed by atoms with E-state index in [1.54, 1.807) is 98.2 Å². The zero-order valence-corrected chi connectivity index (χ0v) is 42.2. The van der Waals surface area contributed by atoms with E-state index in [0.29, 0.717) is 96.1 Å². The van der Waals surface area contributed by atoms with Crippen LogP contribution in [0, 0.1) is 23.3 Å². The molecule has 0 saturated carbocycles. The van der Waals surface area contributed by atoms with E-state index >= 15 is 0 Å². The third-order valence-corrected chi connectivity index (χ3v) is 13.7. The second kappa shape index (κ2) is 28.1. The van der Waals surface area contributed by atoms with Crippen LogP contribution >= 0.6 is 11.8 Å². The number of benzene rings is 6. The van der Waals surface area contributed by atoms with Crippen molar-refractivity contribution in [3.8, 4) is 46.3 Å². The van der Waals surface area contributed by atoms with E-state index in [2.05, 4.69) is 9.97 Å². The summed E-state index contributed by atoms with van der Waals surface area (Å²) in [5.41, 5.74) is 0.491. The first kappa shape index (κ1) is 57.4. The minimum atomic E-state index is -3.67. The number of ether oxygens (including phenoxy) is 7. The Labute approximate surface area is 440 Å². The van der Waals surface area contributed by atoms with E-state index in [9.17, 15) is 35.3 Å². The fourth-order valence-electron chi connectivity index (χ4n) is 6.73. The van der Waals surface area contributed by atoms with E-state index < -0.39 is 41.7 Å². The Hall–Kier alpha value is -7.91. The average Bonchev–Trinajstić information content (AvgIpc) is 3.40. The molecular formula is C55H45BF8N2O8S2. The van der Waals surface area contributed by atoms with Crippen molar-refractivity contribution in [2.75, 3.05) is 19.8 Å². The summed E-state index contributed by atoms with van der Waals surface area (Å²) in [4.78, 5) is 22.6. The topological polar surface area (TPSA) is 107 Å². The van der Waals surface area contributed by atoms with Gasteiger partial charge in [-0.2, -0.15) is 0 Å². The molecule has 2 aromatic heterocycles. The Balaban J connectivity index is 0.000000241. The van der Waals surface area contributed by atoms with Crippen LogP contribution in [0.15, 0.2) is 195 Å². The molecule has 21 heteroatoms. The lowest BCUT2D eigenvalue weighted by molar-refractivity contribution is -0.0000405. The predicted molar refractivity (Wildman–Crippen MR) is 270 cm³/mol. The zero-order chi connectivity index (χ0) is 53.3. The van der Waals surface area contributed by atoms with Gasteiger partial charge in [-0.15, -0.1) is 0 Å². The lowest BCUT2D eigenvalue weighted by Crippen LogP contribution is -3.00. The molecule has 9 rings (SSSR count). The molecule has 0 N–H and O–H groups in total. The van der Waals surface area contributed by atoms with Gasteiger partial charge in [0, 0.05) is 36.7 Å². The van der Waals surface area contributed by atoms with Gasteiger partial charge < -0.3 is 37.9 Å². The maximum absolute atomic E-state index is 14.3. The van der Waals surface area contributed by atoms with Gasteiger partial charge in [-0.25, -0.2) is 32.3 Å². The first-order valence-electron chi connectivity index (χ1n) is 22.9. The maximum Gasteiger partial charge on any atom is 0.762 e. The molecule has 1 aliphatic heterocycles.